The van der Waals surface area contributed by atoms with Crippen molar-refractivity contribution >= 4 is 20.7 Å². The Bertz CT molecular complexity index is 940. The second-order valence-corrected chi connectivity index (χ2v) is 7.64. The van der Waals surface area contributed by atoms with E-state index in [9.17, 15) is 8.42 Å². The lowest BCUT2D eigenvalue weighted by atomic mass is 9.96. The first-order valence-corrected chi connectivity index (χ1v) is 9.00. The van der Waals surface area contributed by atoms with Gasteiger partial charge in [-0.25, -0.2) is 8.42 Å². The van der Waals surface area contributed by atoms with E-state index in [2.05, 4.69) is 11.1 Å². The lowest BCUT2D eigenvalue weighted by Gasteiger charge is -2.10. The smallest absolute Gasteiger partial charge is 0.207 e. The normalized spacial score (nSPS) is 14.9. The summed E-state index contributed by atoms with van der Waals surface area (Å²) in [5, 5.41) is 1.11. The third kappa shape index (κ3) is 2.06. The third-order valence-corrected chi connectivity index (χ3v) is 6.04. The van der Waals surface area contributed by atoms with Gasteiger partial charge in [0, 0.05) is 17.1 Å². The number of H-pyrrole nitrogens is 1. The number of rotatable bonds is 2. The number of nitrogens with one attached hydrogen (secondary N) is 1. The molecule has 1 N–H and O–H groups in total. The first-order valence-electron chi connectivity index (χ1n) is 7.52. The van der Waals surface area contributed by atoms with E-state index in [-0.39, 0.29) is 4.90 Å². The van der Waals surface area contributed by atoms with Crippen molar-refractivity contribution in [1.82, 2.24) is 4.98 Å². The Morgan fingerprint density at radius 3 is 2.55 bits per heavy atom. The van der Waals surface area contributed by atoms with Crippen molar-refractivity contribution < 1.29 is 8.42 Å². The summed E-state index contributed by atoms with van der Waals surface area (Å²) in [5.74, 6) is 0. The van der Waals surface area contributed by atoms with Crippen molar-refractivity contribution in [2.24, 2.45) is 0 Å². The van der Waals surface area contributed by atoms with E-state index in [4.69, 9.17) is 0 Å². The minimum atomic E-state index is -3.51. The Hall–Kier alpha value is -2.07. The average molecular weight is 310 g/mol. The molecule has 0 saturated heterocycles. The zero-order valence-corrected chi connectivity index (χ0v) is 12.9. The van der Waals surface area contributed by atoms with Crippen LogP contribution in [0.25, 0.3) is 10.9 Å². The molecule has 3 aromatic rings. The van der Waals surface area contributed by atoms with Gasteiger partial charge < -0.3 is 4.98 Å². The van der Waals surface area contributed by atoms with Gasteiger partial charge in [-0.15, -0.1) is 0 Å². The Balaban J connectivity index is 1.87. The molecule has 3 nitrogen and oxygen atoms in total. The molecule has 111 valence electrons. The minimum absolute atomic E-state index is 0.227. The number of benzene rings is 2. The zero-order valence-electron chi connectivity index (χ0n) is 12.1. The summed E-state index contributed by atoms with van der Waals surface area (Å²) >= 11 is 0. The minimum Gasteiger partial charge on any atom is -0.358 e. The van der Waals surface area contributed by atoms with Crippen LogP contribution in [0, 0.1) is 6.07 Å². The summed E-state index contributed by atoms with van der Waals surface area (Å²) in [7, 11) is -3.51. The van der Waals surface area contributed by atoms with Crippen molar-refractivity contribution in [3.05, 3.63) is 59.8 Å². The predicted molar refractivity (Wildman–Crippen MR) is 85.7 cm³/mol. The van der Waals surface area contributed by atoms with Crippen LogP contribution in [0.4, 0.5) is 0 Å². The van der Waals surface area contributed by atoms with Gasteiger partial charge in [0.2, 0.25) is 9.84 Å². The van der Waals surface area contributed by atoms with E-state index >= 15 is 0 Å². The van der Waals surface area contributed by atoms with Crippen molar-refractivity contribution in [1.29, 1.82) is 0 Å². The topological polar surface area (TPSA) is 49.9 Å². The molecule has 0 aliphatic heterocycles. The van der Waals surface area contributed by atoms with E-state index in [1.54, 1.807) is 30.3 Å². The Labute approximate surface area is 129 Å². The van der Waals surface area contributed by atoms with Crippen LogP contribution in [0.1, 0.15) is 24.1 Å². The first kappa shape index (κ1) is 13.6. The summed E-state index contributed by atoms with van der Waals surface area (Å²) in [4.78, 5) is 3.89. The van der Waals surface area contributed by atoms with Gasteiger partial charge in [-0.05, 0) is 49.4 Å². The van der Waals surface area contributed by atoms with Gasteiger partial charge in [-0.3, -0.25) is 0 Å². The summed E-state index contributed by atoms with van der Waals surface area (Å²) in [6.45, 7) is 0. The fourth-order valence-corrected chi connectivity index (χ4v) is 4.45. The highest BCUT2D eigenvalue weighted by Crippen LogP contribution is 2.31. The van der Waals surface area contributed by atoms with Crippen LogP contribution >= 0.6 is 0 Å². The SMILES string of the molecule is O=S(=O)(c1[c]c2[nH]c3c(c2cc1)CCCC3)c1ccccc1. The zero-order chi connectivity index (χ0) is 15.2. The standard InChI is InChI=1S/C18H16NO2S/c20-22(21,13-6-2-1-3-7-13)14-10-11-16-15-8-4-5-9-17(15)19-18(16)12-14/h1-3,6-7,10-11,19H,4-5,8-9H2. The van der Waals surface area contributed by atoms with E-state index < -0.39 is 9.84 Å². The molecule has 0 spiro atoms. The van der Waals surface area contributed by atoms with Crippen molar-refractivity contribution in [3.63, 3.8) is 0 Å². The lowest BCUT2D eigenvalue weighted by Crippen LogP contribution is -2.01. The number of aromatic amines is 1. The van der Waals surface area contributed by atoms with Gasteiger partial charge >= 0.3 is 0 Å². The van der Waals surface area contributed by atoms with Crippen molar-refractivity contribution in [2.45, 2.75) is 35.5 Å². The monoisotopic (exact) mass is 310 g/mol. The van der Waals surface area contributed by atoms with Gasteiger partial charge in [0.05, 0.1) is 15.3 Å². The third-order valence-electron chi connectivity index (χ3n) is 4.33. The maximum absolute atomic E-state index is 12.7. The van der Waals surface area contributed by atoms with Gasteiger partial charge in [-0.1, -0.05) is 24.3 Å². The van der Waals surface area contributed by atoms with E-state index in [1.165, 1.54) is 24.1 Å². The average Bonchev–Trinajstić information content (AvgIpc) is 2.93. The van der Waals surface area contributed by atoms with Crippen LogP contribution < -0.4 is 0 Å². The van der Waals surface area contributed by atoms with Crippen LogP contribution in [0.3, 0.4) is 0 Å². The summed E-state index contributed by atoms with van der Waals surface area (Å²) < 4.78 is 25.4. The van der Waals surface area contributed by atoms with E-state index in [0.29, 0.717) is 4.90 Å². The van der Waals surface area contributed by atoms with Gasteiger partial charge in [0.15, 0.2) is 0 Å². The molecular formula is C18H16NO2S. The van der Waals surface area contributed by atoms with Gasteiger partial charge in [-0.2, -0.15) is 0 Å². The first-order chi connectivity index (χ1) is 10.7. The molecule has 4 heteroatoms. The molecule has 1 radical (unpaired) electrons. The molecule has 0 unspecified atom stereocenters. The molecular weight excluding hydrogens is 294 g/mol. The molecule has 2 aromatic carbocycles. The second kappa shape index (κ2) is 4.99. The molecule has 0 bridgehead atoms. The summed E-state index contributed by atoms with van der Waals surface area (Å²) in [6.07, 6.45) is 4.49. The Morgan fingerprint density at radius 1 is 0.955 bits per heavy atom. The summed E-state index contributed by atoms with van der Waals surface area (Å²) in [5.41, 5.74) is 3.39. The molecule has 1 aliphatic carbocycles. The second-order valence-electron chi connectivity index (χ2n) is 5.72. The number of aromatic nitrogens is 1. The molecule has 0 saturated carbocycles. The van der Waals surface area contributed by atoms with E-state index in [0.717, 1.165) is 23.7 Å². The molecule has 0 amide bonds. The van der Waals surface area contributed by atoms with Crippen molar-refractivity contribution in [2.75, 3.05) is 0 Å². The molecule has 0 fully saturated rings. The molecule has 1 aliphatic rings. The highest BCUT2D eigenvalue weighted by Gasteiger charge is 2.21. The number of hydrogen-bond acceptors (Lipinski definition) is 2. The number of aryl methyl sites for hydroxylation is 2. The molecule has 1 heterocycles. The van der Waals surface area contributed by atoms with Gasteiger partial charge in [0.25, 0.3) is 0 Å². The van der Waals surface area contributed by atoms with Crippen LogP contribution in [0.2, 0.25) is 0 Å². The molecule has 22 heavy (non-hydrogen) atoms. The Kier molecular flexibility index (Phi) is 3.08. The largest absolute Gasteiger partial charge is 0.358 e. The number of sulfone groups is 1. The van der Waals surface area contributed by atoms with E-state index in [1.807, 2.05) is 12.1 Å². The number of fused-ring (bicyclic) bond motifs is 3. The van der Waals surface area contributed by atoms with Crippen LogP contribution in [0.5, 0.6) is 0 Å². The molecule has 0 atom stereocenters. The van der Waals surface area contributed by atoms with Gasteiger partial charge in [0.1, 0.15) is 0 Å². The molecule has 1 aromatic heterocycles. The fraction of sp³-hybridized carbons (Fsp3) is 0.222. The van der Waals surface area contributed by atoms with Crippen LogP contribution in [-0.4, -0.2) is 13.4 Å². The Morgan fingerprint density at radius 2 is 1.73 bits per heavy atom. The quantitative estimate of drug-likeness (QED) is 0.785. The maximum Gasteiger partial charge on any atom is 0.207 e. The summed E-state index contributed by atoms with van der Waals surface area (Å²) in [6, 6.07) is 15.2. The predicted octanol–water partition coefficient (Wildman–Crippen LogP) is 3.68. The molecule has 4 rings (SSSR count). The highest BCUT2D eigenvalue weighted by atomic mass is 32.2. The maximum atomic E-state index is 12.7. The highest BCUT2D eigenvalue weighted by molar-refractivity contribution is 7.91. The fourth-order valence-electron chi connectivity index (χ4n) is 3.20. The van der Waals surface area contributed by atoms with Crippen molar-refractivity contribution in [3.8, 4) is 0 Å². The van der Waals surface area contributed by atoms with Crippen LogP contribution in [0.15, 0.2) is 52.3 Å². The lowest BCUT2D eigenvalue weighted by molar-refractivity contribution is 0.596. The number of hydrogen-bond donors (Lipinski definition) is 1. The van der Waals surface area contributed by atoms with Crippen LogP contribution in [-0.2, 0) is 22.7 Å².